The summed E-state index contributed by atoms with van der Waals surface area (Å²) in [5.74, 6) is -0.0847. The normalized spacial score (nSPS) is 15.7. The number of aliphatic carboxylic acids is 1. The molecule has 0 saturated carbocycles. The number of carboxylic acids is 1. The summed E-state index contributed by atoms with van der Waals surface area (Å²) in [4.78, 5) is 34.5. The summed E-state index contributed by atoms with van der Waals surface area (Å²) in [6.07, 6.45) is 10.6. The summed E-state index contributed by atoms with van der Waals surface area (Å²) in [7, 11) is 0. The van der Waals surface area contributed by atoms with Gasteiger partial charge >= 0.3 is 5.97 Å². The van der Waals surface area contributed by atoms with Crippen molar-refractivity contribution >= 4 is 11.9 Å². The lowest BCUT2D eigenvalue weighted by atomic mass is 10.0. The lowest BCUT2D eigenvalue weighted by molar-refractivity contribution is -0.141. The van der Waals surface area contributed by atoms with Gasteiger partial charge in [-0.25, -0.2) is 9.97 Å². The maximum absolute atomic E-state index is 12.6. The minimum atomic E-state index is -0.865. The lowest BCUT2D eigenvalue weighted by Gasteiger charge is -2.20. The van der Waals surface area contributed by atoms with Crippen LogP contribution in [0.2, 0.25) is 0 Å². The molecule has 0 radical (unpaired) electrons. The Bertz CT molecular complexity index is 1210. The van der Waals surface area contributed by atoms with Crippen LogP contribution in [0.15, 0.2) is 60.9 Å². The molecule has 1 fully saturated rings. The van der Waals surface area contributed by atoms with E-state index in [1.54, 1.807) is 4.90 Å². The predicted octanol–water partition coefficient (Wildman–Crippen LogP) is 4.96. The van der Waals surface area contributed by atoms with Crippen LogP contribution >= 0.6 is 0 Å². The molecule has 1 aliphatic heterocycles. The van der Waals surface area contributed by atoms with Gasteiger partial charge in [0.15, 0.2) is 5.82 Å². The van der Waals surface area contributed by atoms with Crippen molar-refractivity contribution in [1.82, 2.24) is 14.9 Å². The monoisotopic (exact) mass is 530 g/mol. The van der Waals surface area contributed by atoms with Crippen molar-refractivity contribution in [3.8, 4) is 28.3 Å². The Balaban J connectivity index is 1.28. The van der Waals surface area contributed by atoms with E-state index in [9.17, 15) is 9.59 Å². The van der Waals surface area contributed by atoms with Crippen LogP contribution < -0.4 is 10.5 Å². The van der Waals surface area contributed by atoms with E-state index in [-0.39, 0.29) is 12.5 Å². The van der Waals surface area contributed by atoms with E-state index < -0.39 is 17.9 Å². The maximum Gasteiger partial charge on any atom is 0.308 e. The average Bonchev–Trinajstić information content (AvgIpc) is 3.46. The molecule has 4 rings (SSSR count). The zero-order valence-electron chi connectivity index (χ0n) is 22.6. The Kier molecular flexibility index (Phi) is 10.0. The quantitative estimate of drug-likeness (QED) is 0.300. The summed E-state index contributed by atoms with van der Waals surface area (Å²) < 4.78 is 5.86. The Labute approximate surface area is 230 Å². The van der Waals surface area contributed by atoms with E-state index in [4.69, 9.17) is 15.6 Å². The van der Waals surface area contributed by atoms with Gasteiger partial charge in [0, 0.05) is 36.6 Å². The minimum absolute atomic E-state index is 0.205. The maximum atomic E-state index is 12.6. The van der Waals surface area contributed by atoms with Crippen LogP contribution in [0.1, 0.15) is 51.0 Å². The third kappa shape index (κ3) is 7.86. The van der Waals surface area contributed by atoms with Gasteiger partial charge in [-0.3, -0.25) is 9.59 Å². The molecule has 1 amide bonds. The molecule has 2 heterocycles. The summed E-state index contributed by atoms with van der Waals surface area (Å²) in [5.41, 5.74) is 9.91. The topological polar surface area (TPSA) is 119 Å². The second-order valence-electron chi connectivity index (χ2n) is 10.2. The molecule has 8 nitrogen and oxygen atoms in total. The first kappa shape index (κ1) is 28.2. The molecule has 206 valence electrons. The smallest absolute Gasteiger partial charge is 0.308 e. The van der Waals surface area contributed by atoms with Crippen LogP contribution in [-0.4, -0.2) is 57.6 Å². The van der Waals surface area contributed by atoms with Crippen LogP contribution in [-0.2, 0) is 16.0 Å². The second-order valence-corrected chi connectivity index (χ2v) is 10.2. The molecule has 8 heteroatoms. The molecule has 0 bridgehead atoms. The molecule has 39 heavy (non-hydrogen) atoms. The Hall–Kier alpha value is -3.78. The van der Waals surface area contributed by atoms with Gasteiger partial charge in [-0.15, -0.1) is 0 Å². The van der Waals surface area contributed by atoms with Gasteiger partial charge < -0.3 is 20.5 Å². The Morgan fingerprint density at radius 3 is 2.28 bits per heavy atom. The Morgan fingerprint density at radius 2 is 1.64 bits per heavy atom. The van der Waals surface area contributed by atoms with Crippen LogP contribution in [0, 0.1) is 5.92 Å². The zero-order chi connectivity index (χ0) is 27.6. The van der Waals surface area contributed by atoms with Gasteiger partial charge in [0.1, 0.15) is 5.75 Å². The molecule has 3 N–H and O–H groups in total. The summed E-state index contributed by atoms with van der Waals surface area (Å²) in [6.45, 7) is 3.63. The van der Waals surface area contributed by atoms with E-state index in [2.05, 4.69) is 16.9 Å². The number of nitrogens with zero attached hydrogens (tertiary/aromatic N) is 3. The van der Waals surface area contributed by atoms with Crippen LogP contribution in [0.3, 0.4) is 0 Å². The highest BCUT2D eigenvalue weighted by Crippen LogP contribution is 2.24. The molecular weight excluding hydrogens is 492 g/mol. The van der Waals surface area contributed by atoms with Crippen molar-refractivity contribution in [2.45, 2.75) is 57.9 Å². The largest absolute Gasteiger partial charge is 0.494 e. The van der Waals surface area contributed by atoms with Crippen molar-refractivity contribution in [3.63, 3.8) is 0 Å². The fraction of sp³-hybridized carbons (Fsp3) is 0.419. The number of hydrogen-bond acceptors (Lipinski definition) is 6. The molecule has 2 atom stereocenters. The highest BCUT2D eigenvalue weighted by molar-refractivity contribution is 5.83. The highest BCUT2D eigenvalue weighted by Gasteiger charge is 2.32. The van der Waals surface area contributed by atoms with Crippen molar-refractivity contribution in [1.29, 1.82) is 0 Å². The highest BCUT2D eigenvalue weighted by atomic mass is 16.5. The molecule has 1 saturated heterocycles. The third-order valence-corrected chi connectivity index (χ3v) is 7.19. The van der Waals surface area contributed by atoms with E-state index in [0.717, 1.165) is 41.0 Å². The fourth-order valence-electron chi connectivity index (χ4n) is 4.79. The number of amides is 1. The predicted molar refractivity (Wildman–Crippen MR) is 151 cm³/mol. The van der Waals surface area contributed by atoms with Crippen LogP contribution in [0.4, 0.5) is 0 Å². The van der Waals surface area contributed by atoms with E-state index in [1.807, 2.05) is 60.9 Å². The van der Waals surface area contributed by atoms with Gasteiger partial charge in [-0.05, 0) is 42.5 Å². The molecule has 0 unspecified atom stereocenters. The summed E-state index contributed by atoms with van der Waals surface area (Å²) in [6, 6.07) is 15.0. The number of rotatable bonds is 13. The molecular formula is C31H38N4O4. The molecule has 3 aromatic rings. The molecule has 1 aliphatic rings. The number of nitrogens with two attached hydrogens (primary N) is 1. The first-order valence-corrected chi connectivity index (χ1v) is 13.9. The molecule has 2 aromatic carbocycles. The summed E-state index contributed by atoms with van der Waals surface area (Å²) in [5, 5.41) is 9.16. The number of likely N-dealkylation sites (tertiary alicyclic amines) is 1. The standard InChI is InChI=1S/C31H38N4O4/c1-2-3-4-5-6-17-39-27-13-11-23(12-14-27)26-19-33-29(34-20-26)24-9-7-22(8-10-24)18-28(32)30(36)35-16-15-25(21-35)31(37)38/h7-14,19-20,25,28H,2-6,15-18,21,32H2,1H3,(H,37,38)/t25-,28-/m0/s1. The Morgan fingerprint density at radius 1 is 0.974 bits per heavy atom. The van der Waals surface area contributed by atoms with Gasteiger partial charge in [-0.2, -0.15) is 0 Å². The van der Waals surface area contributed by atoms with Crippen LogP contribution in [0.5, 0.6) is 5.75 Å². The molecule has 0 spiro atoms. The van der Waals surface area contributed by atoms with Gasteiger partial charge in [0.05, 0.1) is 18.6 Å². The molecule has 1 aromatic heterocycles. The third-order valence-electron chi connectivity index (χ3n) is 7.19. The van der Waals surface area contributed by atoms with Gasteiger partial charge in [0.2, 0.25) is 5.91 Å². The second kappa shape index (κ2) is 13.8. The average molecular weight is 531 g/mol. The van der Waals surface area contributed by atoms with Gasteiger partial charge in [-0.1, -0.05) is 69.0 Å². The number of ether oxygens (including phenoxy) is 1. The van der Waals surface area contributed by atoms with E-state index in [0.29, 0.717) is 25.2 Å². The van der Waals surface area contributed by atoms with E-state index in [1.165, 1.54) is 25.7 Å². The number of unbranched alkanes of at least 4 members (excludes halogenated alkanes) is 4. The van der Waals surface area contributed by atoms with Crippen LogP contribution in [0.25, 0.3) is 22.5 Å². The fourth-order valence-corrected chi connectivity index (χ4v) is 4.79. The first-order chi connectivity index (χ1) is 18.9. The van der Waals surface area contributed by atoms with Crippen molar-refractivity contribution in [2.75, 3.05) is 19.7 Å². The molecule has 0 aliphatic carbocycles. The summed E-state index contributed by atoms with van der Waals surface area (Å²) >= 11 is 0. The number of carboxylic acid groups (broad SMARTS) is 1. The van der Waals surface area contributed by atoms with Crippen molar-refractivity contribution in [2.24, 2.45) is 11.7 Å². The minimum Gasteiger partial charge on any atom is -0.494 e. The van der Waals surface area contributed by atoms with Crippen molar-refractivity contribution in [3.05, 3.63) is 66.5 Å². The number of carbonyl (C=O) groups is 2. The lowest BCUT2D eigenvalue weighted by Crippen LogP contribution is -2.44. The number of carbonyl (C=O) groups excluding carboxylic acids is 1. The van der Waals surface area contributed by atoms with Crippen molar-refractivity contribution < 1.29 is 19.4 Å². The number of benzene rings is 2. The SMILES string of the molecule is CCCCCCCOc1ccc(-c2cnc(-c3ccc(C[C@H](N)C(=O)N4CC[C@H](C(=O)O)C4)cc3)nc2)cc1. The van der Waals surface area contributed by atoms with E-state index >= 15 is 0 Å². The number of aromatic nitrogens is 2. The van der Waals surface area contributed by atoms with Gasteiger partial charge in [0.25, 0.3) is 0 Å². The zero-order valence-corrected chi connectivity index (χ0v) is 22.6. The number of hydrogen-bond donors (Lipinski definition) is 2. The first-order valence-electron chi connectivity index (χ1n) is 13.9.